The van der Waals surface area contributed by atoms with Gasteiger partial charge in [0, 0.05) is 12.8 Å². The first-order chi connectivity index (χ1) is 9.56. The molecule has 104 valence electrons. The lowest BCUT2D eigenvalue weighted by atomic mass is 9.81. The molecule has 0 N–H and O–H groups in total. The van der Waals surface area contributed by atoms with Gasteiger partial charge in [-0.15, -0.1) is 0 Å². The lowest BCUT2D eigenvalue weighted by molar-refractivity contribution is 0.266. The molecule has 0 spiro atoms. The number of rotatable bonds is 5. The molecule has 0 radical (unpaired) electrons. The predicted octanol–water partition coefficient (Wildman–Crippen LogP) is 3.14. The Bertz CT molecular complexity index is 617. The lowest BCUT2D eigenvalue weighted by Gasteiger charge is -2.22. The van der Waals surface area contributed by atoms with Gasteiger partial charge in [0.1, 0.15) is 11.5 Å². The van der Waals surface area contributed by atoms with Gasteiger partial charge in [-0.25, -0.2) is 9.37 Å². The Morgan fingerprint density at radius 1 is 1.45 bits per heavy atom. The normalized spacial score (nSPS) is 13.7. The summed E-state index contributed by atoms with van der Waals surface area (Å²) in [6.07, 6.45) is 2.91. The molecule has 0 aliphatic heterocycles. The van der Waals surface area contributed by atoms with Crippen LogP contribution < -0.4 is 0 Å². The average Bonchev–Trinajstić information content (AvgIpc) is 2.88. The maximum atomic E-state index is 12.8. The third-order valence-electron chi connectivity index (χ3n) is 3.36. The molecule has 6 heteroatoms. The van der Waals surface area contributed by atoms with Crippen molar-refractivity contribution >= 4 is 0 Å². The minimum Gasteiger partial charge on any atom is -0.339 e. The zero-order chi connectivity index (χ0) is 14.6. The van der Waals surface area contributed by atoms with E-state index in [0.717, 1.165) is 12.6 Å². The molecule has 2 rings (SSSR count). The van der Waals surface area contributed by atoms with E-state index >= 15 is 0 Å². The monoisotopic (exact) mass is 274 g/mol. The van der Waals surface area contributed by atoms with Gasteiger partial charge >= 0.3 is 0 Å². The Kier molecular flexibility index (Phi) is 4.08. The Morgan fingerprint density at radius 3 is 2.85 bits per heavy atom. The minimum atomic E-state index is -0.412. The number of nitrogens with zero attached hydrogens (tertiary/aromatic N) is 4. The summed E-state index contributed by atoms with van der Waals surface area (Å²) < 4.78 is 18.0. The molecule has 2 aromatic rings. The molecular formula is C14H15FN4O. The molecule has 0 aliphatic rings. The third kappa shape index (κ3) is 3.18. The molecule has 1 atom stereocenters. The predicted molar refractivity (Wildman–Crippen MR) is 69.8 cm³/mol. The van der Waals surface area contributed by atoms with Crippen LogP contribution in [0.15, 0.2) is 22.9 Å². The van der Waals surface area contributed by atoms with Crippen molar-refractivity contribution in [2.45, 2.75) is 33.1 Å². The topological polar surface area (TPSA) is 75.6 Å². The van der Waals surface area contributed by atoms with Crippen LogP contribution in [0.5, 0.6) is 0 Å². The molecule has 1 unspecified atom stereocenters. The van der Waals surface area contributed by atoms with E-state index in [4.69, 9.17) is 9.78 Å². The van der Waals surface area contributed by atoms with Crippen LogP contribution in [0.4, 0.5) is 4.39 Å². The zero-order valence-electron chi connectivity index (χ0n) is 11.4. The molecule has 2 heterocycles. The van der Waals surface area contributed by atoms with E-state index in [0.29, 0.717) is 30.3 Å². The van der Waals surface area contributed by atoms with Crippen molar-refractivity contribution in [2.24, 2.45) is 5.41 Å². The molecule has 2 aromatic heterocycles. The van der Waals surface area contributed by atoms with Crippen molar-refractivity contribution < 1.29 is 8.91 Å². The van der Waals surface area contributed by atoms with E-state index in [1.807, 2.05) is 13.8 Å². The van der Waals surface area contributed by atoms with Crippen LogP contribution in [0.2, 0.25) is 0 Å². The van der Waals surface area contributed by atoms with Gasteiger partial charge in [-0.2, -0.15) is 10.2 Å². The molecule has 0 saturated carbocycles. The van der Waals surface area contributed by atoms with Gasteiger partial charge in [0.25, 0.3) is 0 Å². The quantitative estimate of drug-likeness (QED) is 0.837. The second-order valence-corrected chi connectivity index (χ2v) is 5.05. The van der Waals surface area contributed by atoms with Crippen LogP contribution in [-0.4, -0.2) is 15.1 Å². The van der Waals surface area contributed by atoms with Gasteiger partial charge in [0.15, 0.2) is 0 Å². The van der Waals surface area contributed by atoms with Gasteiger partial charge in [-0.05, 0) is 24.0 Å². The summed E-state index contributed by atoms with van der Waals surface area (Å²) in [7, 11) is 0. The second kappa shape index (κ2) is 5.78. The van der Waals surface area contributed by atoms with Crippen molar-refractivity contribution in [3.05, 3.63) is 30.0 Å². The fourth-order valence-electron chi connectivity index (χ4n) is 1.81. The van der Waals surface area contributed by atoms with Gasteiger partial charge in [0.05, 0.1) is 12.3 Å². The number of hydrogen-bond acceptors (Lipinski definition) is 5. The lowest BCUT2D eigenvalue weighted by Crippen LogP contribution is -2.18. The summed E-state index contributed by atoms with van der Waals surface area (Å²) in [5.74, 6) is 0.381. The Labute approximate surface area is 116 Å². The highest BCUT2D eigenvalue weighted by atomic mass is 19.1. The summed E-state index contributed by atoms with van der Waals surface area (Å²) in [5.41, 5.74) is 0.272. The average molecular weight is 274 g/mol. The van der Waals surface area contributed by atoms with Crippen LogP contribution in [-0.2, 0) is 6.42 Å². The standard InChI is InChI=1S/C14H15FN4O/c1-3-14(2,6-7-16)8-12-18-13(19-20-12)11-5-4-10(15)9-17-11/h4-5,9H,3,6,8H2,1-2H3. The van der Waals surface area contributed by atoms with E-state index in [1.54, 1.807) is 0 Å². The Morgan fingerprint density at radius 2 is 2.25 bits per heavy atom. The van der Waals surface area contributed by atoms with E-state index in [1.165, 1.54) is 12.1 Å². The van der Waals surface area contributed by atoms with Crippen LogP contribution >= 0.6 is 0 Å². The SMILES string of the molecule is CCC(C)(CC#N)Cc1nc(-c2ccc(F)cn2)no1. The first kappa shape index (κ1) is 14.1. The van der Waals surface area contributed by atoms with Crippen LogP contribution in [0.1, 0.15) is 32.6 Å². The number of pyridine rings is 1. The number of halogens is 1. The largest absolute Gasteiger partial charge is 0.339 e. The molecule has 0 aliphatic carbocycles. The summed E-state index contributed by atoms with van der Waals surface area (Å²) in [4.78, 5) is 8.16. The number of aromatic nitrogens is 3. The zero-order valence-corrected chi connectivity index (χ0v) is 11.4. The van der Waals surface area contributed by atoms with Crippen molar-refractivity contribution in [1.29, 1.82) is 5.26 Å². The van der Waals surface area contributed by atoms with E-state index < -0.39 is 5.82 Å². The fourth-order valence-corrected chi connectivity index (χ4v) is 1.81. The van der Waals surface area contributed by atoms with Gasteiger partial charge in [0.2, 0.25) is 11.7 Å². The molecule has 0 fully saturated rings. The second-order valence-electron chi connectivity index (χ2n) is 5.05. The highest BCUT2D eigenvalue weighted by molar-refractivity contribution is 5.47. The van der Waals surface area contributed by atoms with Crippen LogP contribution in [0, 0.1) is 22.6 Å². The molecule has 5 nitrogen and oxygen atoms in total. The maximum Gasteiger partial charge on any atom is 0.227 e. The Hall–Kier alpha value is -2.29. The molecule has 20 heavy (non-hydrogen) atoms. The van der Waals surface area contributed by atoms with Crippen LogP contribution in [0.3, 0.4) is 0 Å². The van der Waals surface area contributed by atoms with Gasteiger partial charge < -0.3 is 4.52 Å². The molecular weight excluding hydrogens is 259 g/mol. The summed E-state index contributed by atoms with van der Waals surface area (Å²) in [5, 5.41) is 12.7. The first-order valence-electron chi connectivity index (χ1n) is 6.38. The molecule has 0 saturated heterocycles. The first-order valence-corrected chi connectivity index (χ1v) is 6.38. The molecule has 0 amide bonds. The number of hydrogen-bond donors (Lipinski definition) is 0. The highest BCUT2D eigenvalue weighted by Crippen LogP contribution is 2.30. The smallest absolute Gasteiger partial charge is 0.227 e. The van der Waals surface area contributed by atoms with E-state index in [2.05, 4.69) is 21.2 Å². The maximum absolute atomic E-state index is 12.8. The van der Waals surface area contributed by atoms with Crippen molar-refractivity contribution in [3.63, 3.8) is 0 Å². The third-order valence-corrected chi connectivity index (χ3v) is 3.36. The Balaban J connectivity index is 2.17. The van der Waals surface area contributed by atoms with Crippen molar-refractivity contribution in [2.75, 3.05) is 0 Å². The van der Waals surface area contributed by atoms with Crippen molar-refractivity contribution in [1.82, 2.24) is 15.1 Å². The van der Waals surface area contributed by atoms with Gasteiger partial charge in [-0.1, -0.05) is 19.0 Å². The summed E-state index contributed by atoms with van der Waals surface area (Å²) in [6, 6.07) is 4.97. The van der Waals surface area contributed by atoms with E-state index in [9.17, 15) is 4.39 Å². The highest BCUT2D eigenvalue weighted by Gasteiger charge is 2.25. The minimum absolute atomic E-state index is 0.186. The number of nitriles is 1. The van der Waals surface area contributed by atoms with Gasteiger partial charge in [-0.3, -0.25) is 0 Å². The fraction of sp³-hybridized carbons (Fsp3) is 0.429. The van der Waals surface area contributed by atoms with E-state index in [-0.39, 0.29) is 5.41 Å². The summed E-state index contributed by atoms with van der Waals surface area (Å²) >= 11 is 0. The molecule has 0 bridgehead atoms. The van der Waals surface area contributed by atoms with Crippen LogP contribution in [0.25, 0.3) is 11.5 Å². The molecule has 0 aromatic carbocycles. The summed E-state index contributed by atoms with van der Waals surface area (Å²) in [6.45, 7) is 4.03. The van der Waals surface area contributed by atoms with Crippen molar-refractivity contribution in [3.8, 4) is 17.6 Å².